The molecule has 1 aliphatic heterocycles. The Morgan fingerprint density at radius 3 is 2.79 bits per heavy atom. The molecule has 1 amide bonds. The van der Waals surface area contributed by atoms with Gasteiger partial charge in [0.2, 0.25) is 11.8 Å². The zero-order valence-corrected chi connectivity index (χ0v) is 16.1. The van der Waals surface area contributed by atoms with Crippen molar-refractivity contribution in [2.45, 2.75) is 29.6 Å². The van der Waals surface area contributed by atoms with E-state index in [0.29, 0.717) is 5.56 Å². The van der Waals surface area contributed by atoms with Crippen LogP contribution in [-0.4, -0.2) is 27.3 Å². The summed E-state index contributed by atoms with van der Waals surface area (Å²) >= 11 is 1.32. The summed E-state index contributed by atoms with van der Waals surface area (Å²) in [5, 5.41) is 10.00. The number of halogens is 1. The van der Waals surface area contributed by atoms with Gasteiger partial charge in [0.1, 0.15) is 5.82 Å². The number of carbonyl (C=O) groups is 2. The summed E-state index contributed by atoms with van der Waals surface area (Å²) in [7, 11) is 0. The number of hydrogen-bond acceptors (Lipinski definition) is 7. The fourth-order valence-corrected chi connectivity index (χ4v) is 3.88. The van der Waals surface area contributed by atoms with Gasteiger partial charge in [-0.15, -0.1) is 22.0 Å². The fourth-order valence-electron chi connectivity index (χ4n) is 2.78. The number of fused-ring (bicyclic) bond motifs is 1. The number of nitrogens with zero attached hydrogens (tertiary/aromatic N) is 2. The average Bonchev–Trinajstić information content (AvgIpc) is 3.19. The molecule has 7 nitrogen and oxygen atoms in total. The number of anilines is 1. The van der Waals surface area contributed by atoms with Crippen molar-refractivity contribution in [3.63, 3.8) is 0 Å². The average molecular weight is 413 g/mol. The van der Waals surface area contributed by atoms with Crippen LogP contribution in [0.3, 0.4) is 0 Å². The second-order valence-electron chi connectivity index (χ2n) is 6.38. The number of para-hydroxylation sites is 1. The number of hydrogen-bond donors (Lipinski definition) is 1. The zero-order valence-electron chi connectivity index (χ0n) is 15.3. The minimum atomic E-state index is -0.784. The molecule has 0 aliphatic carbocycles. The van der Waals surface area contributed by atoms with E-state index in [1.54, 1.807) is 6.92 Å². The summed E-state index contributed by atoms with van der Waals surface area (Å²) in [4.78, 5) is 25.4. The van der Waals surface area contributed by atoms with Gasteiger partial charge in [-0.2, -0.15) is 0 Å². The molecule has 0 unspecified atom stereocenters. The lowest BCUT2D eigenvalue weighted by molar-refractivity contribution is -0.150. The first-order valence-corrected chi connectivity index (χ1v) is 9.73. The summed E-state index contributed by atoms with van der Waals surface area (Å²) in [5.74, 6) is -0.853. The molecule has 148 valence electrons. The molecule has 3 aromatic rings. The Hall–Kier alpha value is -3.20. The van der Waals surface area contributed by atoms with Crippen LogP contribution in [0.5, 0.6) is 0 Å². The van der Waals surface area contributed by atoms with Crippen LogP contribution >= 0.6 is 11.8 Å². The van der Waals surface area contributed by atoms with Crippen molar-refractivity contribution in [3.05, 3.63) is 60.2 Å². The Kier molecular flexibility index (Phi) is 5.30. The third kappa shape index (κ3) is 4.29. The number of thioether (sulfide) groups is 1. The molecular formula is C20H16FN3O4S. The molecule has 1 N–H and O–H groups in total. The van der Waals surface area contributed by atoms with E-state index < -0.39 is 17.3 Å². The van der Waals surface area contributed by atoms with Crippen molar-refractivity contribution >= 4 is 29.3 Å². The van der Waals surface area contributed by atoms with Crippen LogP contribution in [0.25, 0.3) is 11.5 Å². The summed E-state index contributed by atoms with van der Waals surface area (Å²) in [6, 6.07) is 13.0. The standard InChI is InChI=1S/C20H16FN3O4S/c1-11(19-23-24-20(28-19)12-6-8-13(21)9-7-12)27-17(25)10-16-18(26)22-14-4-2-3-5-15(14)29-16/h2-9,11,16H,10H2,1H3,(H,22,26)/t11-,16+/m1/s1. The third-order valence-electron chi connectivity index (χ3n) is 4.25. The number of rotatable bonds is 5. The van der Waals surface area contributed by atoms with E-state index >= 15 is 0 Å². The topological polar surface area (TPSA) is 94.3 Å². The van der Waals surface area contributed by atoms with Gasteiger partial charge in [-0.25, -0.2) is 4.39 Å². The molecule has 0 saturated carbocycles. The quantitative estimate of drug-likeness (QED) is 0.632. The molecule has 2 aromatic carbocycles. The van der Waals surface area contributed by atoms with Crippen molar-refractivity contribution in [1.82, 2.24) is 10.2 Å². The number of benzene rings is 2. The van der Waals surface area contributed by atoms with Crippen LogP contribution in [0, 0.1) is 5.82 Å². The van der Waals surface area contributed by atoms with Gasteiger partial charge in [0.25, 0.3) is 5.89 Å². The van der Waals surface area contributed by atoms with Crippen LogP contribution in [0.15, 0.2) is 57.8 Å². The van der Waals surface area contributed by atoms with Gasteiger partial charge in [0.05, 0.1) is 17.4 Å². The predicted molar refractivity (Wildman–Crippen MR) is 104 cm³/mol. The molecule has 0 fully saturated rings. The molecule has 4 rings (SSSR count). The number of carbonyl (C=O) groups excluding carboxylic acids is 2. The Morgan fingerprint density at radius 2 is 2.00 bits per heavy atom. The van der Waals surface area contributed by atoms with Gasteiger partial charge in [0.15, 0.2) is 6.10 Å². The summed E-state index contributed by atoms with van der Waals surface area (Å²) in [6.07, 6.45) is -0.873. The molecule has 0 spiro atoms. The molecule has 29 heavy (non-hydrogen) atoms. The first kappa shape index (κ1) is 19.1. The maximum atomic E-state index is 13.0. The SMILES string of the molecule is C[C@@H](OC(=O)C[C@@H]1Sc2ccccc2NC1=O)c1nnc(-c2ccc(F)cc2)o1. The van der Waals surface area contributed by atoms with Crippen molar-refractivity contribution < 1.29 is 23.1 Å². The minimum Gasteiger partial charge on any atom is -0.453 e. The summed E-state index contributed by atoms with van der Waals surface area (Å²) < 4.78 is 23.9. The molecular weight excluding hydrogens is 397 g/mol. The number of esters is 1. The molecule has 1 aromatic heterocycles. The second kappa shape index (κ2) is 8.04. The molecule has 9 heteroatoms. The van der Waals surface area contributed by atoms with Gasteiger partial charge in [-0.1, -0.05) is 12.1 Å². The van der Waals surface area contributed by atoms with E-state index in [0.717, 1.165) is 10.6 Å². The van der Waals surface area contributed by atoms with Crippen LogP contribution in [0.1, 0.15) is 25.3 Å². The summed E-state index contributed by atoms with van der Waals surface area (Å²) in [5.41, 5.74) is 1.29. The van der Waals surface area contributed by atoms with Gasteiger partial charge in [-0.3, -0.25) is 9.59 Å². The smallest absolute Gasteiger partial charge is 0.308 e. The highest BCUT2D eigenvalue weighted by atomic mass is 32.2. The monoisotopic (exact) mass is 413 g/mol. The Labute approximate surface area is 169 Å². The fraction of sp³-hybridized carbons (Fsp3) is 0.200. The maximum absolute atomic E-state index is 13.0. The number of ether oxygens (including phenoxy) is 1. The predicted octanol–water partition coefficient (Wildman–Crippen LogP) is 3.98. The van der Waals surface area contributed by atoms with Gasteiger partial charge < -0.3 is 14.5 Å². The number of nitrogens with one attached hydrogen (secondary N) is 1. The molecule has 0 radical (unpaired) electrons. The van der Waals surface area contributed by atoms with Crippen molar-refractivity contribution in [2.24, 2.45) is 0 Å². The lowest BCUT2D eigenvalue weighted by atomic mass is 10.2. The van der Waals surface area contributed by atoms with Crippen molar-refractivity contribution in [2.75, 3.05) is 5.32 Å². The van der Waals surface area contributed by atoms with E-state index in [4.69, 9.17) is 9.15 Å². The van der Waals surface area contributed by atoms with Crippen LogP contribution in [0.2, 0.25) is 0 Å². The molecule has 1 aliphatic rings. The van der Waals surface area contributed by atoms with Gasteiger partial charge >= 0.3 is 5.97 Å². The molecule has 0 saturated heterocycles. The zero-order chi connectivity index (χ0) is 20.4. The van der Waals surface area contributed by atoms with E-state index in [2.05, 4.69) is 15.5 Å². The van der Waals surface area contributed by atoms with Crippen LogP contribution in [-0.2, 0) is 14.3 Å². The maximum Gasteiger partial charge on any atom is 0.308 e. The third-order valence-corrected chi connectivity index (χ3v) is 5.52. The van der Waals surface area contributed by atoms with E-state index in [1.807, 2.05) is 24.3 Å². The van der Waals surface area contributed by atoms with Crippen molar-refractivity contribution in [1.29, 1.82) is 0 Å². The summed E-state index contributed by atoms with van der Waals surface area (Å²) in [6.45, 7) is 1.60. The second-order valence-corrected chi connectivity index (χ2v) is 7.63. The highest BCUT2D eigenvalue weighted by Gasteiger charge is 2.30. The molecule has 2 heterocycles. The Balaban J connectivity index is 1.38. The first-order chi connectivity index (χ1) is 14.0. The highest BCUT2D eigenvalue weighted by Crippen LogP contribution is 2.37. The number of amides is 1. The largest absolute Gasteiger partial charge is 0.453 e. The Bertz CT molecular complexity index is 1050. The van der Waals surface area contributed by atoms with Crippen LogP contribution < -0.4 is 5.32 Å². The Morgan fingerprint density at radius 1 is 1.24 bits per heavy atom. The van der Waals surface area contributed by atoms with Crippen LogP contribution in [0.4, 0.5) is 10.1 Å². The lowest BCUT2D eigenvalue weighted by Crippen LogP contribution is -2.31. The van der Waals surface area contributed by atoms with E-state index in [-0.39, 0.29) is 29.9 Å². The van der Waals surface area contributed by atoms with Gasteiger partial charge in [0, 0.05) is 10.5 Å². The lowest BCUT2D eigenvalue weighted by Gasteiger charge is -2.23. The number of aromatic nitrogens is 2. The molecule has 0 bridgehead atoms. The van der Waals surface area contributed by atoms with Crippen molar-refractivity contribution in [3.8, 4) is 11.5 Å². The van der Waals surface area contributed by atoms with E-state index in [1.165, 1.54) is 36.0 Å². The molecule has 2 atom stereocenters. The van der Waals surface area contributed by atoms with Gasteiger partial charge in [-0.05, 0) is 43.3 Å². The highest BCUT2D eigenvalue weighted by molar-refractivity contribution is 8.01. The normalized spacial score (nSPS) is 16.6. The van der Waals surface area contributed by atoms with E-state index in [9.17, 15) is 14.0 Å². The first-order valence-electron chi connectivity index (χ1n) is 8.85. The minimum absolute atomic E-state index is 0.0892.